The average molecular weight is 1290 g/mol. The summed E-state index contributed by atoms with van der Waals surface area (Å²) in [5.41, 5.74) is 13.7. The number of benzene rings is 4. The first kappa shape index (κ1) is 69.6. The van der Waals surface area contributed by atoms with Crippen LogP contribution < -0.4 is 31.2 Å². The molecule has 483 valence electrons. The van der Waals surface area contributed by atoms with Gasteiger partial charge in [0.05, 0.1) is 45.5 Å². The van der Waals surface area contributed by atoms with Gasteiger partial charge >= 0.3 is 16.8 Å². The molecule has 4 N–H and O–H groups in total. The average Bonchev–Trinajstić information content (AvgIpc) is 1.55. The minimum atomic E-state index is -0.846. The van der Waals surface area contributed by atoms with Crippen molar-refractivity contribution in [1.82, 2.24) is 19.9 Å². The molecule has 16 nitrogen and oxygen atoms in total. The SMILES string of the molecule is COCC(=O)Nc1cccc(NC(=O)[C@H](C)OC)c1-c1c2nc(c(-c3cc(C(C)(C)C)cc(C(C)(C)C)c3)c3ccc([n-]3)c(-c3c(NC(=O)[C@H](C)OC)cccc3NC(=O)[C@H](C)OC)c3nc(c(-c4cc(C(C)(C)C)cc(C(C)(C)C)c4)c4ccc1[n-]4)C=C3)C=C2.[Co+2]. The van der Waals surface area contributed by atoms with Gasteiger partial charge in [0.2, 0.25) is 5.91 Å². The number of methoxy groups -OCH3 is 4. The van der Waals surface area contributed by atoms with Gasteiger partial charge in [-0.1, -0.05) is 156 Å². The van der Waals surface area contributed by atoms with Crippen LogP contribution in [0.4, 0.5) is 22.7 Å². The van der Waals surface area contributed by atoms with Crippen LogP contribution in [0.15, 0.2) is 97.1 Å². The zero-order valence-corrected chi connectivity index (χ0v) is 57.4. The summed E-state index contributed by atoms with van der Waals surface area (Å²) in [7, 11) is 5.87. The maximum absolute atomic E-state index is 14.1. The number of rotatable bonds is 16. The fourth-order valence-electron chi connectivity index (χ4n) is 10.9. The number of fused-ring (bicyclic) bond motifs is 8. The van der Waals surface area contributed by atoms with E-state index in [1.165, 1.54) is 28.4 Å². The fourth-order valence-corrected chi connectivity index (χ4v) is 10.9. The maximum atomic E-state index is 14.1. The number of carbonyl (C=O) groups is 4. The van der Waals surface area contributed by atoms with Crippen molar-refractivity contribution in [3.63, 3.8) is 0 Å². The van der Waals surface area contributed by atoms with Gasteiger partial charge in [-0.3, -0.25) is 19.2 Å². The molecular formula is C75H86CoN8O8. The number of hydrogen-bond donors (Lipinski definition) is 4. The van der Waals surface area contributed by atoms with E-state index >= 15 is 0 Å². The number of nitrogens with zero attached hydrogens (tertiary/aromatic N) is 4. The van der Waals surface area contributed by atoms with Gasteiger partial charge < -0.3 is 50.2 Å². The third-order valence-corrected chi connectivity index (χ3v) is 16.6. The number of aromatic nitrogens is 4. The quantitative estimate of drug-likeness (QED) is 0.0713. The summed E-state index contributed by atoms with van der Waals surface area (Å²) in [5, 5.41) is 12.5. The van der Waals surface area contributed by atoms with E-state index in [1.54, 1.807) is 57.2 Å². The third kappa shape index (κ3) is 14.9. The minimum absolute atomic E-state index is 0. The number of nitrogens with one attached hydrogen (secondary N) is 4. The first-order valence-electron chi connectivity index (χ1n) is 30.8. The molecule has 0 saturated heterocycles. The summed E-state index contributed by atoms with van der Waals surface area (Å²) >= 11 is 0. The van der Waals surface area contributed by atoms with Crippen molar-refractivity contribution in [3.8, 4) is 44.5 Å². The number of ether oxygens (including phenoxy) is 4. The van der Waals surface area contributed by atoms with E-state index in [2.05, 4.69) is 141 Å². The van der Waals surface area contributed by atoms with Gasteiger partial charge in [0.15, 0.2) is 0 Å². The minimum Gasteiger partial charge on any atom is -0.657 e. The van der Waals surface area contributed by atoms with Crippen molar-refractivity contribution < 1.29 is 54.9 Å². The molecule has 4 amide bonds. The van der Waals surface area contributed by atoms with Gasteiger partial charge in [0, 0.05) is 39.6 Å². The fraction of sp³-hybridized carbons (Fsp3) is 0.360. The van der Waals surface area contributed by atoms with Crippen LogP contribution in [-0.2, 0) is 76.6 Å². The number of anilines is 4. The van der Waals surface area contributed by atoms with E-state index in [1.807, 2.05) is 48.6 Å². The zero-order valence-electron chi connectivity index (χ0n) is 56.4. The number of hydrogen-bond acceptors (Lipinski definition) is 10. The zero-order chi connectivity index (χ0) is 66.2. The van der Waals surface area contributed by atoms with Crippen LogP contribution >= 0.6 is 0 Å². The Bertz CT molecular complexity index is 4060. The van der Waals surface area contributed by atoms with Gasteiger partial charge in [-0.25, -0.2) is 9.97 Å². The second kappa shape index (κ2) is 27.5. The smallest absolute Gasteiger partial charge is 0.657 e. The molecule has 0 spiro atoms. The van der Waals surface area contributed by atoms with E-state index < -0.39 is 41.9 Å². The van der Waals surface area contributed by atoms with Crippen LogP contribution in [0.25, 0.3) is 90.9 Å². The molecule has 0 saturated carbocycles. The van der Waals surface area contributed by atoms with E-state index in [0.29, 0.717) is 101 Å². The molecule has 4 aromatic carbocycles. The number of amides is 4. The predicted molar refractivity (Wildman–Crippen MR) is 369 cm³/mol. The van der Waals surface area contributed by atoms with Crippen molar-refractivity contribution in [1.29, 1.82) is 0 Å². The van der Waals surface area contributed by atoms with Crippen molar-refractivity contribution in [2.24, 2.45) is 0 Å². The Morgan fingerprint density at radius 2 is 0.674 bits per heavy atom. The Balaban J connectivity index is 0.0000109. The molecule has 9 rings (SSSR count). The van der Waals surface area contributed by atoms with Crippen molar-refractivity contribution in [2.75, 3.05) is 56.3 Å². The molecule has 2 aliphatic heterocycles. The molecule has 2 aliphatic rings. The van der Waals surface area contributed by atoms with Gasteiger partial charge in [-0.2, -0.15) is 0 Å². The summed E-state index contributed by atoms with van der Waals surface area (Å²) in [5.74, 6) is -1.68. The molecule has 92 heavy (non-hydrogen) atoms. The first-order chi connectivity index (χ1) is 42.8. The Labute approximate surface area is 551 Å². The van der Waals surface area contributed by atoms with Crippen LogP contribution in [0.3, 0.4) is 0 Å². The van der Waals surface area contributed by atoms with Crippen LogP contribution in [0, 0.1) is 0 Å². The van der Waals surface area contributed by atoms with Crippen molar-refractivity contribution in [3.05, 3.63) is 142 Å². The predicted octanol–water partition coefficient (Wildman–Crippen LogP) is 15.3. The molecule has 3 atom stereocenters. The van der Waals surface area contributed by atoms with Gasteiger partial charge in [0.1, 0.15) is 24.9 Å². The maximum Gasteiger partial charge on any atom is 2.00 e. The Hall–Kier alpha value is -8.29. The van der Waals surface area contributed by atoms with Crippen LogP contribution in [0.1, 0.15) is 149 Å². The standard InChI is InChI=1S/C75H88N8O8.Co/c1-41(89-17)69(85)81-51-23-20-22-50(80-62(84)40-88-16)65(51)67-58-30-26-54(76-58)63(44-34-46(72(4,5)6)38-47(35-44)73(7,8)9)56-28-32-60(78-56)68(66-52(82-70(86)42(2)90-18)24-21-25-53(66)83-71(87)43(3)91-19)61-33-29-57(79-61)64(55-27-31-59(67)77-55)45-36-48(74(10,11)12)39-49(37-45)75(13,14)15;/h20-39,41-43H,40H2,1-19H3,(H6,76,77,78,79,80,81,82,83,84,85,86,87);/q;+2/p-2/t41-,42-,43-;/m0./s1. The molecule has 17 heteroatoms. The Morgan fingerprint density at radius 3 is 0.946 bits per heavy atom. The van der Waals surface area contributed by atoms with E-state index in [4.69, 9.17) is 38.9 Å². The monoisotopic (exact) mass is 1290 g/mol. The molecule has 1 radical (unpaired) electrons. The second-order valence-corrected chi connectivity index (χ2v) is 27.5. The summed E-state index contributed by atoms with van der Waals surface area (Å²) < 4.78 is 22.0. The summed E-state index contributed by atoms with van der Waals surface area (Å²) in [6, 6.07) is 31.8. The van der Waals surface area contributed by atoms with Gasteiger partial charge in [0.25, 0.3) is 17.7 Å². The van der Waals surface area contributed by atoms with E-state index in [9.17, 15) is 19.2 Å². The topological polar surface area (TPSA) is 207 Å². The Kier molecular flexibility index (Phi) is 20.8. The van der Waals surface area contributed by atoms with Gasteiger partial charge in [-0.05, 0) is 147 Å². The molecule has 0 fully saturated rings. The van der Waals surface area contributed by atoms with Crippen molar-refractivity contribution >= 4 is 92.7 Å². The normalized spacial score (nSPS) is 13.5. The molecule has 0 aliphatic carbocycles. The van der Waals surface area contributed by atoms with E-state index in [0.717, 1.165) is 33.4 Å². The molecule has 8 bridgehead atoms. The molecule has 0 unspecified atom stereocenters. The Morgan fingerprint density at radius 1 is 0.402 bits per heavy atom. The summed E-state index contributed by atoms with van der Waals surface area (Å²) in [6.45, 7) is 31.1. The first-order valence-corrected chi connectivity index (χ1v) is 30.8. The van der Waals surface area contributed by atoms with Crippen LogP contribution in [0.2, 0.25) is 0 Å². The molecule has 5 heterocycles. The molecule has 3 aromatic heterocycles. The second-order valence-electron chi connectivity index (χ2n) is 27.5. The molecular weight excluding hydrogens is 1200 g/mol. The van der Waals surface area contributed by atoms with Crippen LogP contribution in [0.5, 0.6) is 0 Å². The summed E-state index contributed by atoms with van der Waals surface area (Å²) in [4.78, 5) is 78.7. The molecule has 7 aromatic rings. The third-order valence-electron chi connectivity index (χ3n) is 16.6. The summed E-state index contributed by atoms with van der Waals surface area (Å²) in [6.07, 6.45) is 5.26. The van der Waals surface area contributed by atoms with E-state index in [-0.39, 0.29) is 45.0 Å². The van der Waals surface area contributed by atoms with Crippen LogP contribution in [-0.4, -0.2) is 87.0 Å². The number of carbonyl (C=O) groups excluding carboxylic acids is 4. The van der Waals surface area contributed by atoms with Crippen molar-refractivity contribution in [2.45, 2.75) is 144 Å². The largest absolute Gasteiger partial charge is 2.00 e. The van der Waals surface area contributed by atoms with Gasteiger partial charge in [-0.15, -0.1) is 22.1 Å².